The molecule has 2 aliphatic rings. The lowest BCUT2D eigenvalue weighted by molar-refractivity contribution is -0.208. The topological polar surface area (TPSA) is 73.7 Å². The number of benzene rings is 1. The molecule has 0 saturated carbocycles. The van der Waals surface area contributed by atoms with Crippen molar-refractivity contribution >= 4 is 10.0 Å². The van der Waals surface area contributed by atoms with Gasteiger partial charge in [0.2, 0.25) is 0 Å². The molecule has 0 bridgehead atoms. The molecule has 0 amide bonds. The average molecular weight is 459 g/mol. The number of rotatable bonds is 5. The van der Waals surface area contributed by atoms with Crippen LogP contribution in [0.1, 0.15) is 17.5 Å². The first-order valence-corrected chi connectivity index (χ1v) is 11.5. The van der Waals surface area contributed by atoms with Gasteiger partial charge in [-0.2, -0.15) is 17.5 Å². The highest BCUT2D eigenvalue weighted by atomic mass is 32.2. The quantitative estimate of drug-likeness (QED) is 0.688. The zero-order valence-electron chi connectivity index (χ0n) is 17.0. The van der Waals surface area contributed by atoms with E-state index >= 15 is 0 Å². The molecule has 0 radical (unpaired) electrons. The summed E-state index contributed by atoms with van der Waals surface area (Å²) in [7, 11) is -2.16. The van der Waals surface area contributed by atoms with Crippen LogP contribution in [-0.2, 0) is 39.1 Å². The van der Waals surface area contributed by atoms with E-state index in [1.54, 1.807) is 17.7 Å². The number of hydrogen-bond acceptors (Lipinski definition) is 5. The molecule has 2 aromatic rings. The van der Waals surface area contributed by atoms with Crippen LogP contribution >= 0.6 is 0 Å². The lowest BCUT2D eigenvalue weighted by Crippen LogP contribution is -2.37. The van der Waals surface area contributed by atoms with E-state index in [0.717, 1.165) is 18.6 Å². The van der Waals surface area contributed by atoms with E-state index in [2.05, 4.69) is 4.98 Å². The SMILES string of the molecule is Cn1cnc(S(=O)(=O)N2C[C@@H](Cc3cccc(C(F)(F)F)c3)[C@H](C3OCCCO3)C2)c1. The molecule has 2 atom stereocenters. The average Bonchev–Trinajstić information content (AvgIpc) is 3.36. The van der Waals surface area contributed by atoms with E-state index in [0.29, 0.717) is 18.8 Å². The van der Waals surface area contributed by atoms with Gasteiger partial charge in [0.1, 0.15) is 0 Å². The van der Waals surface area contributed by atoms with E-state index in [1.165, 1.54) is 22.9 Å². The van der Waals surface area contributed by atoms with Gasteiger partial charge in [-0.3, -0.25) is 0 Å². The lowest BCUT2D eigenvalue weighted by Gasteiger charge is -2.31. The minimum Gasteiger partial charge on any atom is -0.352 e. The summed E-state index contributed by atoms with van der Waals surface area (Å²) in [5.41, 5.74) is -0.222. The number of ether oxygens (including phenoxy) is 2. The molecule has 31 heavy (non-hydrogen) atoms. The molecule has 170 valence electrons. The predicted molar refractivity (Wildman–Crippen MR) is 104 cm³/mol. The Kier molecular flexibility index (Phi) is 6.12. The highest BCUT2D eigenvalue weighted by Crippen LogP contribution is 2.36. The Morgan fingerprint density at radius 3 is 2.58 bits per heavy atom. The van der Waals surface area contributed by atoms with Crippen LogP contribution in [0.15, 0.2) is 41.8 Å². The van der Waals surface area contributed by atoms with Crippen molar-refractivity contribution in [3.05, 3.63) is 47.9 Å². The first kappa shape index (κ1) is 22.3. The fourth-order valence-corrected chi connectivity index (χ4v) is 5.66. The van der Waals surface area contributed by atoms with Crippen molar-refractivity contribution in [2.24, 2.45) is 18.9 Å². The van der Waals surface area contributed by atoms with Crippen molar-refractivity contribution in [1.82, 2.24) is 13.9 Å². The Morgan fingerprint density at radius 2 is 1.94 bits per heavy atom. The third-order valence-corrected chi connectivity index (χ3v) is 7.42. The van der Waals surface area contributed by atoms with Gasteiger partial charge in [-0.25, -0.2) is 13.4 Å². The minimum atomic E-state index is -4.44. The monoisotopic (exact) mass is 459 g/mol. The van der Waals surface area contributed by atoms with Gasteiger partial charge in [0, 0.05) is 32.3 Å². The number of hydrogen-bond donors (Lipinski definition) is 0. The molecule has 4 rings (SSSR count). The van der Waals surface area contributed by atoms with Gasteiger partial charge in [-0.1, -0.05) is 18.2 Å². The number of nitrogens with zero attached hydrogens (tertiary/aromatic N) is 3. The van der Waals surface area contributed by atoms with E-state index in [9.17, 15) is 21.6 Å². The molecule has 7 nitrogen and oxygen atoms in total. The van der Waals surface area contributed by atoms with Crippen LogP contribution in [0.25, 0.3) is 0 Å². The molecular weight excluding hydrogens is 435 g/mol. The Morgan fingerprint density at radius 1 is 1.19 bits per heavy atom. The van der Waals surface area contributed by atoms with Crippen LogP contribution in [0.3, 0.4) is 0 Å². The van der Waals surface area contributed by atoms with Crippen molar-refractivity contribution in [2.45, 2.75) is 30.3 Å². The number of imidazole rings is 1. The second-order valence-electron chi connectivity index (χ2n) is 7.99. The molecule has 2 aliphatic heterocycles. The zero-order valence-corrected chi connectivity index (χ0v) is 17.8. The molecule has 1 aromatic heterocycles. The highest BCUT2D eigenvalue weighted by Gasteiger charge is 2.45. The molecule has 0 aliphatic carbocycles. The van der Waals surface area contributed by atoms with Gasteiger partial charge >= 0.3 is 6.18 Å². The fourth-order valence-electron chi connectivity index (χ4n) is 4.16. The van der Waals surface area contributed by atoms with Gasteiger partial charge in [0.25, 0.3) is 10.0 Å². The third kappa shape index (κ3) is 4.79. The van der Waals surface area contributed by atoms with Crippen LogP contribution in [0.4, 0.5) is 13.2 Å². The lowest BCUT2D eigenvalue weighted by atomic mass is 9.88. The normalized spacial score (nSPS) is 24.0. The third-order valence-electron chi connectivity index (χ3n) is 5.70. The van der Waals surface area contributed by atoms with Crippen molar-refractivity contribution in [3.63, 3.8) is 0 Å². The van der Waals surface area contributed by atoms with Gasteiger partial charge in [-0.05, 0) is 30.4 Å². The van der Waals surface area contributed by atoms with E-state index < -0.39 is 28.1 Å². The number of sulfonamides is 1. The maximum atomic E-state index is 13.1. The number of alkyl halides is 3. The number of halogens is 3. The molecule has 2 saturated heterocycles. The molecule has 11 heteroatoms. The summed E-state index contributed by atoms with van der Waals surface area (Å²) in [6.07, 6.45) is -1.15. The highest BCUT2D eigenvalue weighted by molar-refractivity contribution is 7.89. The van der Waals surface area contributed by atoms with Crippen LogP contribution in [-0.4, -0.2) is 54.9 Å². The maximum Gasteiger partial charge on any atom is 0.416 e. The van der Waals surface area contributed by atoms with Crippen molar-refractivity contribution < 1.29 is 31.1 Å². The molecule has 0 unspecified atom stereocenters. The van der Waals surface area contributed by atoms with Gasteiger partial charge in [0.05, 0.1) is 25.1 Å². The first-order chi connectivity index (χ1) is 14.6. The van der Waals surface area contributed by atoms with E-state index in [4.69, 9.17) is 9.47 Å². The molecule has 1 aromatic carbocycles. The molecule has 3 heterocycles. The van der Waals surface area contributed by atoms with Gasteiger partial charge < -0.3 is 14.0 Å². The van der Waals surface area contributed by atoms with E-state index in [1.807, 2.05) is 0 Å². The molecule has 2 fully saturated rings. The van der Waals surface area contributed by atoms with Crippen LogP contribution in [0.5, 0.6) is 0 Å². The minimum absolute atomic E-state index is 0.0565. The number of aromatic nitrogens is 2. The summed E-state index contributed by atoms with van der Waals surface area (Å²) >= 11 is 0. The smallest absolute Gasteiger partial charge is 0.352 e. The zero-order chi connectivity index (χ0) is 22.2. The second kappa shape index (κ2) is 8.53. The Labute approximate surface area is 178 Å². The van der Waals surface area contributed by atoms with Crippen molar-refractivity contribution in [2.75, 3.05) is 26.3 Å². The summed E-state index contributed by atoms with van der Waals surface area (Å²) in [6, 6.07) is 5.15. The predicted octanol–water partition coefficient (Wildman–Crippen LogP) is 2.68. The van der Waals surface area contributed by atoms with Crippen LogP contribution in [0.2, 0.25) is 0 Å². The first-order valence-electron chi connectivity index (χ1n) is 10.0. The Hall–Kier alpha value is -1.95. The molecule has 0 N–H and O–H groups in total. The van der Waals surface area contributed by atoms with Crippen molar-refractivity contribution in [1.29, 1.82) is 0 Å². The number of aryl methyl sites for hydroxylation is 1. The van der Waals surface area contributed by atoms with Gasteiger partial charge in [0.15, 0.2) is 11.3 Å². The van der Waals surface area contributed by atoms with Gasteiger partial charge in [-0.15, -0.1) is 0 Å². The standard InChI is InChI=1S/C20H24F3N3O4S/c1-25-12-18(24-13-25)31(27,28)26-10-15(17(11-26)19-29-6-3-7-30-19)8-14-4-2-5-16(9-14)20(21,22)23/h2,4-5,9,12-13,15,17,19H,3,6-8,10-11H2,1H3/t15-,17-/m1/s1. The molecular formula is C20H24F3N3O4S. The summed E-state index contributed by atoms with van der Waals surface area (Å²) < 4.78 is 79.9. The van der Waals surface area contributed by atoms with Crippen molar-refractivity contribution in [3.8, 4) is 0 Å². The van der Waals surface area contributed by atoms with E-state index in [-0.39, 0.29) is 36.4 Å². The largest absolute Gasteiger partial charge is 0.416 e. The summed E-state index contributed by atoms with van der Waals surface area (Å²) in [5, 5.41) is -0.0565. The summed E-state index contributed by atoms with van der Waals surface area (Å²) in [5.74, 6) is -0.557. The second-order valence-corrected chi connectivity index (χ2v) is 9.87. The summed E-state index contributed by atoms with van der Waals surface area (Å²) in [6.45, 7) is 1.32. The maximum absolute atomic E-state index is 13.1. The Bertz CT molecular complexity index is 1020. The van der Waals surface area contributed by atoms with Crippen LogP contribution < -0.4 is 0 Å². The molecule has 0 spiro atoms. The summed E-state index contributed by atoms with van der Waals surface area (Å²) in [4.78, 5) is 3.96. The van der Waals surface area contributed by atoms with Crippen LogP contribution in [0, 0.1) is 11.8 Å². The fraction of sp³-hybridized carbons (Fsp3) is 0.550. The Balaban J connectivity index is 1.59.